The number of piperazine rings is 1. The third-order valence-corrected chi connectivity index (χ3v) is 6.97. The number of imidazole rings is 1. The molecule has 35 heavy (non-hydrogen) atoms. The second-order valence-corrected chi connectivity index (χ2v) is 9.27. The van der Waals surface area contributed by atoms with E-state index in [2.05, 4.69) is 4.98 Å². The number of thioether (sulfide) groups is 1. The molecule has 0 atom stereocenters. The first kappa shape index (κ1) is 23.0. The Labute approximate surface area is 205 Å². The van der Waals surface area contributed by atoms with E-state index in [-0.39, 0.29) is 17.4 Å². The van der Waals surface area contributed by atoms with E-state index in [0.717, 1.165) is 34.1 Å². The Morgan fingerprint density at radius 1 is 0.829 bits per heavy atom. The molecule has 4 aromatic rings. The first-order chi connectivity index (χ1) is 17.0. The average Bonchev–Trinajstić information content (AvgIpc) is 3.32. The van der Waals surface area contributed by atoms with E-state index < -0.39 is 11.6 Å². The van der Waals surface area contributed by atoms with Crippen molar-refractivity contribution in [3.8, 4) is 0 Å². The molecule has 0 bridgehead atoms. The summed E-state index contributed by atoms with van der Waals surface area (Å²) in [7, 11) is 0. The van der Waals surface area contributed by atoms with E-state index in [0.29, 0.717) is 31.7 Å². The number of rotatable bonds is 5. The van der Waals surface area contributed by atoms with Crippen molar-refractivity contribution < 1.29 is 18.4 Å². The zero-order valence-corrected chi connectivity index (χ0v) is 19.5. The lowest BCUT2D eigenvalue weighted by Gasteiger charge is -2.35. The van der Waals surface area contributed by atoms with Gasteiger partial charge in [0.25, 0.3) is 11.8 Å². The summed E-state index contributed by atoms with van der Waals surface area (Å²) in [5.41, 5.74) is 2.58. The van der Waals surface area contributed by atoms with Crippen molar-refractivity contribution in [2.75, 3.05) is 26.2 Å². The Bertz CT molecular complexity index is 1350. The second-order valence-electron chi connectivity index (χ2n) is 8.22. The first-order valence-electron chi connectivity index (χ1n) is 11.2. The molecule has 1 fully saturated rings. The summed E-state index contributed by atoms with van der Waals surface area (Å²) in [6.45, 7) is 1.41. The number of hydrogen-bond donors (Lipinski definition) is 0. The van der Waals surface area contributed by atoms with E-state index >= 15 is 0 Å². The van der Waals surface area contributed by atoms with Gasteiger partial charge in [0.1, 0.15) is 5.65 Å². The standard InChI is InChI=1S/C26H22F2N4O2S/c27-22-9-6-19(15-23(22)28)26(34)31-13-11-30(12-14-31)25(33)18-4-7-21(8-5-18)35-17-20-16-32-10-2-1-3-24(32)29-20/h1-10,15-16H,11-14,17H2. The van der Waals surface area contributed by atoms with Crippen LogP contribution in [0, 0.1) is 11.6 Å². The molecule has 0 N–H and O–H groups in total. The van der Waals surface area contributed by atoms with Gasteiger partial charge in [-0.3, -0.25) is 9.59 Å². The quantitative estimate of drug-likeness (QED) is 0.385. The molecule has 2 aromatic carbocycles. The lowest BCUT2D eigenvalue weighted by molar-refractivity contribution is 0.0535. The van der Waals surface area contributed by atoms with Crippen LogP contribution in [0.25, 0.3) is 5.65 Å². The summed E-state index contributed by atoms with van der Waals surface area (Å²) in [5, 5.41) is 0. The Kier molecular flexibility index (Phi) is 6.50. The van der Waals surface area contributed by atoms with Gasteiger partial charge in [-0.1, -0.05) is 6.07 Å². The van der Waals surface area contributed by atoms with Crippen LogP contribution in [0.5, 0.6) is 0 Å². The van der Waals surface area contributed by atoms with Gasteiger partial charge in [-0.2, -0.15) is 0 Å². The summed E-state index contributed by atoms with van der Waals surface area (Å²) in [5.74, 6) is -1.78. The fourth-order valence-electron chi connectivity index (χ4n) is 4.01. The van der Waals surface area contributed by atoms with Crippen molar-refractivity contribution in [2.24, 2.45) is 0 Å². The van der Waals surface area contributed by atoms with Crippen LogP contribution in [-0.4, -0.2) is 57.2 Å². The predicted molar refractivity (Wildman–Crippen MR) is 129 cm³/mol. The molecule has 2 aromatic heterocycles. The molecule has 0 saturated carbocycles. The van der Waals surface area contributed by atoms with Crippen molar-refractivity contribution in [1.29, 1.82) is 0 Å². The zero-order chi connectivity index (χ0) is 24.4. The van der Waals surface area contributed by atoms with Crippen LogP contribution in [0.1, 0.15) is 26.4 Å². The summed E-state index contributed by atoms with van der Waals surface area (Å²) in [6.07, 6.45) is 3.98. The van der Waals surface area contributed by atoms with Crippen LogP contribution in [0.2, 0.25) is 0 Å². The molecule has 1 saturated heterocycles. The molecule has 6 nitrogen and oxygen atoms in total. The molecule has 0 aliphatic carbocycles. The van der Waals surface area contributed by atoms with E-state index in [1.54, 1.807) is 21.6 Å². The Hall–Kier alpha value is -3.72. The fraction of sp³-hybridized carbons (Fsp3) is 0.192. The number of halogens is 2. The van der Waals surface area contributed by atoms with Crippen molar-refractivity contribution in [1.82, 2.24) is 19.2 Å². The summed E-state index contributed by atoms with van der Waals surface area (Å²) in [4.78, 5) is 34.4. The van der Waals surface area contributed by atoms with E-state index in [4.69, 9.17) is 0 Å². The molecular formula is C26H22F2N4O2S. The van der Waals surface area contributed by atoms with Gasteiger partial charge in [-0.15, -0.1) is 11.8 Å². The molecule has 0 radical (unpaired) electrons. The molecule has 178 valence electrons. The normalized spacial score (nSPS) is 13.9. The highest BCUT2D eigenvalue weighted by Gasteiger charge is 2.26. The third kappa shape index (κ3) is 5.05. The third-order valence-electron chi connectivity index (χ3n) is 5.92. The van der Waals surface area contributed by atoms with E-state index in [1.807, 2.05) is 59.3 Å². The Morgan fingerprint density at radius 3 is 2.14 bits per heavy atom. The van der Waals surface area contributed by atoms with Crippen LogP contribution in [0.15, 0.2) is 78.0 Å². The highest BCUT2D eigenvalue weighted by molar-refractivity contribution is 7.98. The Balaban J connectivity index is 1.15. The molecule has 5 rings (SSSR count). The van der Waals surface area contributed by atoms with Gasteiger partial charge in [0.15, 0.2) is 11.6 Å². The highest BCUT2D eigenvalue weighted by Crippen LogP contribution is 2.24. The van der Waals surface area contributed by atoms with Gasteiger partial charge in [0.2, 0.25) is 0 Å². The predicted octanol–water partition coefficient (Wildman–Crippen LogP) is 4.50. The molecule has 0 unspecified atom stereocenters. The largest absolute Gasteiger partial charge is 0.335 e. The maximum atomic E-state index is 13.5. The van der Waals surface area contributed by atoms with Gasteiger partial charge in [0, 0.05) is 60.3 Å². The summed E-state index contributed by atoms with van der Waals surface area (Å²) < 4.78 is 28.6. The molecule has 0 spiro atoms. The first-order valence-corrected chi connectivity index (χ1v) is 12.2. The van der Waals surface area contributed by atoms with Crippen molar-refractivity contribution in [3.05, 3.63) is 102 Å². The maximum Gasteiger partial charge on any atom is 0.254 e. The van der Waals surface area contributed by atoms with Crippen LogP contribution >= 0.6 is 11.8 Å². The number of carbonyl (C=O) groups is 2. The molecule has 3 heterocycles. The topological polar surface area (TPSA) is 57.9 Å². The number of hydrogen-bond acceptors (Lipinski definition) is 4. The molecule has 9 heteroatoms. The van der Waals surface area contributed by atoms with Crippen LogP contribution in [-0.2, 0) is 5.75 Å². The lowest BCUT2D eigenvalue weighted by Crippen LogP contribution is -2.50. The highest BCUT2D eigenvalue weighted by atomic mass is 32.2. The monoisotopic (exact) mass is 492 g/mol. The van der Waals surface area contributed by atoms with Gasteiger partial charge in [-0.25, -0.2) is 13.8 Å². The number of amides is 2. The number of benzene rings is 2. The minimum atomic E-state index is -1.05. The van der Waals surface area contributed by atoms with Crippen LogP contribution in [0.4, 0.5) is 8.78 Å². The molecule has 1 aliphatic rings. The molecule has 1 aliphatic heterocycles. The lowest BCUT2D eigenvalue weighted by atomic mass is 10.1. The second kappa shape index (κ2) is 9.87. The molecular weight excluding hydrogens is 470 g/mol. The number of fused-ring (bicyclic) bond motifs is 1. The minimum Gasteiger partial charge on any atom is -0.335 e. The number of nitrogens with zero attached hydrogens (tertiary/aromatic N) is 4. The average molecular weight is 493 g/mol. The van der Waals surface area contributed by atoms with Crippen LogP contribution < -0.4 is 0 Å². The van der Waals surface area contributed by atoms with Gasteiger partial charge >= 0.3 is 0 Å². The minimum absolute atomic E-state index is 0.0955. The van der Waals surface area contributed by atoms with Gasteiger partial charge < -0.3 is 14.2 Å². The van der Waals surface area contributed by atoms with Gasteiger partial charge in [0.05, 0.1) is 5.69 Å². The molecule has 2 amide bonds. The number of pyridine rings is 1. The SMILES string of the molecule is O=C(c1ccc(SCc2cn3ccccc3n2)cc1)N1CCN(C(=O)c2ccc(F)c(F)c2)CC1. The number of aromatic nitrogens is 2. The van der Waals surface area contributed by atoms with Crippen molar-refractivity contribution in [2.45, 2.75) is 10.6 Å². The maximum absolute atomic E-state index is 13.5. The Morgan fingerprint density at radius 2 is 1.49 bits per heavy atom. The zero-order valence-electron chi connectivity index (χ0n) is 18.7. The fourth-order valence-corrected chi connectivity index (χ4v) is 4.80. The summed E-state index contributed by atoms with van der Waals surface area (Å²) >= 11 is 1.65. The summed E-state index contributed by atoms with van der Waals surface area (Å²) in [6, 6.07) is 16.5. The number of carbonyl (C=O) groups excluding carboxylic acids is 2. The van der Waals surface area contributed by atoms with E-state index in [1.165, 1.54) is 6.07 Å². The van der Waals surface area contributed by atoms with Crippen LogP contribution in [0.3, 0.4) is 0 Å². The van der Waals surface area contributed by atoms with Crippen molar-refractivity contribution >= 4 is 29.2 Å². The van der Waals surface area contributed by atoms with Crippen molar-refractivity contribution in [3.63, 3.8) is 0 Å². The van der Waals surface area contributed by atoms with Gasteiger partial charge in [-0.05, 0) is 54.6 Å². The van der Waals surface area contributed by atoms with E-state index in [9.17, 15) is 18.4 Å². The smallest absolute Gasteiger partial charge is 0.254 e.